The number of carbonyl (C=O) groups excluding carboxylic acids is 3. The molecule has 1 heterocycles. The first-order chi connectivity index (χ1) is 14.6. The van der Waals surface area contributed by atoms with Crippen LogP contribution in [0.3, 0.4) is 0 Å². The molecule has 7 nitrogen and oxygen atoms in total. The molecule has 0 saturated carbocycles. The van der Waals surface area contributed by atoms with Gasteiger partial charge < -0.3 is 20.4 Å². The molecule has 0 aliphatic carbocycles. The third kappa shape index (κ3) is 6.07. The van der Waals surface area contributed by atoms with Crippen molar-refractivity contribution in [2.45, 2.75) is 19.4 Å². The van der Waals surface area contributed by atoms with Gasteiger partial charge in [-0.3, -0.25) is 14.4 Å². The number of carbonyl (C=O) groups is 3. The number of furan rings is 1. The van der Waals surface area contributed by atoms with Gasteiger partial charge in [0.25, 0.3) is 11.8 Å². The first kappa shape index (κ1) is 20.9. The maximum Gasteiger partial charge on any atom is 0.286 e. The van der Waals surface area contributed by atoms with Crippen LogP contribution in [-0.2, 0) is 11.3 Å². The lowest BCUT2D eigenvalue weighted by atomic mass is 10.1. The van der Waals surface area contributed by atoms with Gasteiger partial charge in [0.1, 0.15) is 0 Å². The van der Waals surface area contributed by atoms with E-state index in [0.717, 1.165) is 5.56 Å². The van der Waals surface area contributed by atoms with Gasteiger partial charge in [0.2, 0.25) is 5.91 Å². The number of nitrogens with one attached hydrogen (secondary N) is 3. The van der Waals surface area contributed by atoms with E-state index in [-0.39, 0.29) is 29.9 Å². The van der Waals surface area contributed by atoms with Crippen molar-refractivity contribution in [2.24, 2.45) is 0 Å². The topological polar surface area (TPSA) is 100 Å². The molecule has 3 rings (SSSR count). The summed E-state index contributed by atoms with van der Waals surface area (Å²) < 4.78 is 5.01. The fourth-order valence-electron chi connectivity index (χ4n) is 2.82. The van der Waals surface area contributed by atoms with E-state index in [4.69, 9.17) is 4.42 Å². The van der Waals surface area contributed by atoms with Crippen molar-refractivity contribution in [3.63, 3.8) is 0 Å². The van der Waals surface area contributed by atoms with Gasteiger partial charge >= 0.3 is 0 Å². The van der Waals surface area contributed by atoms with E-state index in [1.165, 1.54) is 6.26 Å². The van der Waals surface area contributed by atoms with E-state index >= 15 is 0 Å². The largest absolute Gasteiger partial charge is 0.459 e. The molecule has 154 valence electrons. The summed E-state index contributed by atoms with van der Waals surface area (Å²) in [5.74, 6) is -0.582. The Hall–Kier alpha value is -3.87. The van der Waals surface area contributed by atoms with Crippen molar-refractivity contribution in [1.82, 2.24) is 10.6 Å². The van der Waals surface area contributed by atoms with Gasteiger partial charge in [-0.15, -0.1) is 0 Å². The highest BCUT2D eigenvalue weighted by molar-refractivity contribution is 6.03. The molecule has 0 aliphatic heterocycles. The molecule has 3 aromatic rings. The summed E-state index contributed by atoms with van der Waals surface area (Å²) in [4.78, 5) is 36.6. The monoisotopic (exact) mass is 405 g/mol. The number of amides is 3. The Balaban J connectivity index is 1.47. The minimum Gasteiger partial charge on any atom is -0.459 e. The van der Waals surface area contributed by atoms with Gasteiger partial charge in [0, 0.05) is 19.5 Å². The Bertz CT molecular complexity index is 985. The van der Waals surface area contributed by atoms with E-state index < -0.39 is 0 Å². The van der Waals surface area contributed by atoms with Gasteiger partial charge in [0.15, 0.2) is 5.76 Å². The highest BCUT2D eigenvalue weighted by atomic mass is 16.3. The fourth-order valence-corrected chi connectivity index (χ4v) is 2.82. The second-order valence-corrected chi connectivity index (χ2v) is 6.60. The lowest BCUT2D eigenvalue weighted by Crippen LogP contribution is -2.26. The van der Waals surface area contributed by atoms with Crippen molar-refractivity contribution >= 4 is 23.4 Å². The summed E-state index contributed by atoms with van der Waals surface area (Å²) in [5.41, 5.74) is 1.84. The van der Waals surface area contributed by atoms with Crippen LogP contribution in [0.2, 0.25) is 0 Å². The number of rotatable bonds is 9. The molecule has 0 unspecified atom stereocenters. The van der Waals surface area contributed by atoms with Crippen LogP contribution >= 0.6 is 0 Å². The minimum atomic E-state index is -0.319. The maximum atomic E-state index is 12.5. The van der Waals surface area contributed by atoms with E-state index in [2.05, 4.69) is 16.0 Å². The molecule has 3 amide bonds. The van der Waals surface area contributed by atoms with Gasteiger partial charge in [-0.1, -0.05) is 42.5 Å². The van der Waals surface area contributed by atoms with Crippen LogP contribution in [0.5, 0.6) is 0 Å². The average Bonchev–Trinajstić information content (AvgIpc) is 3.31. The molecular weight excluding hydrogens is 382 g/mol. The van der Waals surface area contributed by atoms with Crippen LogP contribution in [0.15, 0.2) is 77.4 Å². The van der Waals surface area contributed by atoms with E-state index in [1.54, 1.807) is 36.4 Å². The second-order valence-electron chi connectivity index (χ2n) is 6.60. The molecule has 0 radical (unpaired) electrons. The fraction of sp³-hybridized carbons (Fsp3) is 0.174. The molecule has 0 saturated heterocycles. The number of anilines is 1. The van der Waals surface area contributed by atoms with Crippen molar-refractivity contribution in [1.29, 1.82) is 0 Å². The molecule has 7 heteroatoms. The van der Waals surface area contributed by atoms with Crippen molar-refractivity contribution in [3.05, 3.63) is 89.9 Å². The van der Waals surface area contributed by atoms with Crippen LogP contribution in [0.1, 0.15) is 39.3 Å². The number of hydrogen-bond donors (Lipinski definition) is 3. The second kappa shape index (κ2) is 10.6. The summed E-state index contributed by atoms with van der Waals surface area (Å²) in [6.07, 6.45) is 2.09. The minimum absolute atomic E-state index is 0.207. The lowest BCUT2D eigenvalue weighted by Gasteiger charge is -2.12. The van der Waals surface area contributed by atoms with E-state index in [0.29, 0.717) is 30.8 Å². The summed E-state index contributed by atoms with van der Waals surface area (Å²) in [7, 11) is 0. The van der Waals surface area contributed by atoms with Crippen LogP contribution in [0, 0.1) is 0 Å². The zero-order valence-corrected chi connectivity index (χ0v) is 16.4. The highest BCUT2D eigenvalue weighted by Crippen LogP contribution is 2.16. The molecule has 1 aromatic heterocycles. The predicted octanol–water partition coefficient (Wildman–Crippen LogP) is 3.36. The molecule has 0 bridgehead atoms. The molecule has 0 aliphatic rings. The zero-order chi connectivity index (χ0) is 21.2. The summed E-state index contributed by atoms with van der Waals surface area (Å²) >= 11 is 0. The van der Waals surface area contributed by atoms with Crippen LogP contribution in [0.25, 0.3) is 0 Å². The molecule has 0 spiro atoms. The molecule has 0 fully saturated rings. The Labute approximate surface area is 174 Å². The maximum absolute atomic E-state index is 12.5. The van der Waals surface area contributed by atoms with Gasteiger partial charge in [-0.05, 0) is 36.2 Å². The number of para-hydroxylation sites is 1. The zero-order valence-electron chi connectivity index (χ0n) is 16.4. The third-order valence-electron chi connectivity index (χ3n) is 4.35. The molecule has 2 aromatic carbocycles. The van der Waals surface area contributed by atoms with E-state index in [9.17, 15) is 14.4 Å². The normalized spacial score (nSPS) is 10.3. The summed E-state index contributed by atoms with van der Waals surface area (Å²) in [6.45, 7) is 0.740. The van der Waals surface area contributed by atoms with E-state index in [1.807, 2.05) is 30.3 Å². The smallest absolute Gasteiger partial charge is 0.286 e. The van der Waals surface area contributed by atoms with Gasteiger partial charge in [-0.25, -0.2) is 0 Å². The van der Waals surface area contributed by atoms with Crippen molar-refractivity contribution < 1.29 is 18.8 Å². The Morgan fingerprint density at radius 2 is 1.57 bits per heavy atom. The lowest BCUT2D eigenvalue weighted by molar-refractivity contribution is -0.116. The van der Waals surface area contributed by atoms with Crippen molar-refractivity contribution in [3.8, 4) is 0 Å². The standard InChI is InChI=1S/C23H23N3O4/c27-21(13-6-14-24-23(29)20-12-7-15-30-20)26-19-11-5-4-10-18(19)22(28)25-16-17-8-2-1-3-9-17/h1-5,7-12,15H,6,13-14,16H2,(H,24,29)(H,25,28)(H,26,27). The van der Waals surface area contributed by atoms with Crippen LogP contribution in [0.4, 0.5) is 5.69 Å². The Morgan fingerprint density at radius 3 is 2.33 bits per heavy atom. The SMILES string of the molecule is O=C(CCCNC(=O)c1ccco1)Nc1ccccc1C(=O)NCc1ccccc1. The number of hydrogen-bond acceptors (Lipinski definition) is 4. The number of benzene rings is 2. The quantitative estimate of drug-likeness (QED) is 0.475. The van der Waals surface area contributed by atoms with Crippen molar-refractivity contribution in [2.75, 3.05) is 11.9 Å². The van der Waals surface area contributed by atoms with Gasteiger partial charge in [-0.2, -0.15) is 0 Å². The molecular formula is C23H23N3O4. The predicted molar refractivity (Wildman–Crippen MR) is 113 cm³/mol. The third-order valence-corrected chi connectivity index (χ3v) is 4.35. The Morgan fingerprint density at radius 1 is 0.800 bits per heavy atom. The summed E-state index contributed by atoms with van der Waals surface area (Å²) in [5, 5.41) is 8.32. The first-order valence-corrected chi connectivity index (χ1v) is 9.66. The highest BCUT2D eigenvalue weighted by Gasteiger charge is 2.13. The Kier molecular flexibility index (Phi) is 7.38. The molecule has 0 atom stereocenters. The average molecular weight is 405 g/mol. The van der Waals surface area contributed by atoms with Gasteiger partial charge in [0.05, 0.1) is 17.5 Å². The first-order valence-electron chi connectivity index (χ1n) is 9.66. The summed E-state index contributed by atoms with van der Waals surface area (Å²) in [6, 6.07) is 19.7. The van der Waals surface area contributed by atoms with Crippen LogP contribution in [-0.4, -0.2) is 24.3 Å². The molecule has 30 heavy (non-hydrogen) atoms. The molecule has 3 N–H and O–H groups in total. The van der Waals surface area contributed by atoms with Crippen LogP contribution < -0.4 is 16.0 Å².